The molecule has 30 heavy (non-hydrogen) atoms. The summed E-state index contributed by atoms with van der Waals surface area (Å²) in [5.74, 6) is 1.59. The fourth-order valence-electron chi connectivity index (χ4n) is 5.21. The van der Waals surface area contributed by atoms with Crippen LogP contribution >= 0.6 is 11.8 Å². The van der Waals surface area contributed by atoms with E-state index in [1.54, 1.807) is 18.9 Å². The van der Waals surface area contributed by atoms with E-state index in [1.807, 2.05) is 28.8 Å². The first-order valence-electron chi connectivity index (χ1n) is 10.7. The third kappa shape index (κ3) is 2.99. The molecule has 154 valence electrons. The van der Waals surface area contributed by atoms with Crippen LogP contribution in [-0.4, -0.2) is 22.4 Å². The second kappa shape index (κ2) is 7.62. The molecule has 0 N–H and O–H groups in total. The highest BCUT2D eigenvalue weighted by molar-refractivity contribution is 7.99. The van der Waals surface area contributed by atoms with Gasteiger partial charge in [0.1, 0.15) is 5.75 Å². The van der Waals surface area contributed by atoms with Crippen molar-refractivity contribution in [3.05, 3.63) is 70.0 Å². The Bertz CT molecular complexity index is 1160. The zero-order valence-electron chi connectivity index (χ0n) is 17.5. The predicted octanol–water partition coefficient (Wildman–Crippen LogP) is 5.39. The second-order valence-electron chi connectivity index (χ2n) is 8.21. The van der Waals surface area contributed by atoms with E-state index in [0.29, 0.717) is 0 Å². The highest BCUT2D eigenvalue weighted by atomic mass is 32.2. The number of fused-ring (bicyclic) bond motifs is 4. The Labute approximate surface area is 181 Å². The van der Waals surface area contributed by atoms with Gasteiger partial charge in [0.25, 0.3) is 5.56 Å². The maximum absolute atomic E-state index is 14.1. The molecule has 0 amide bonds. The van der Waals surface area contributed by atoms with Crippen LogP contribution in [0.4, 0.5) is 0 Å². The summed E-state index contributed by atoms with van der Waals surface area (Å²) in [7, 11) is 1.65. The number of hydrogen-bond acceptors (Lipinski definition) is 4. The minimum Gasteiger partial charge on any atom is -0.497 e. The monoisotopic (exact) mass is 418 g/mol. The average molecular weight is 419 g/mol. The minimum atomic E-state index is -0.0935. The van der Waals surface area contributed by atoms with Crippen LogP contribution in [0.3, 0.4) is 0 Å². The first-order chi connectivity index (χ1) is 14.7. The molecule has 0 bridgehead atoms. The summed E-state index contributed by atoms with van der Waals surface area (Å²) < 4.78 is 7.23. The number of hydrogen-bond donors (Lipinski definition) is 0. The molecule has 5 rings (SSSR count). The van der Waals surface area contributed by atoms with Crippen molar-refractivity contribution in [1.82, 2.24) is 9.55 Å². The maximum Gasteiger partial charge on any atom is 0.263 e. The van der Waals surface area contributed by atoms with Gasteiger partial charge >= 0.3 is 0 Å². The third-order valence-electron chi connectivity index (χ3n) is 6.53. The van der Waals surface area contributed by atoms with Crippen LogP contribution in [0.1, 0.15) is 43.7 Å². The van der Waals surface area contributed by atoms with Gasteiger partial charge in [0, 0.05) is 17.0 Å². The molecule has 1 saturated carbocycles. The molecule has 5 heteroatoms. The highest BCUT2D eigenvalue weighted by Gasteiger charge is 2.44. The molecule has 0 aliphatic heterocycles. The molecule has 4 nitrogen and oxygen atoms in total. The molecule has 2 aliphatic rings. The van der Waals surface area contributed by atoms with E-state index in [1.165, 1.54) is 18.4 Å². The van der Waals surface area contributed by atoms with E-state index >= 15 is 0 Å². The summed E-state index contributed by atoms with van der Waals surface area (Å²) in [6.45, 7) is 2.10. The van der Waals surface area contributed by atoms with Crippen LogP contribution < -0.4 is 10.3 Å². The van der Waals surface area contributed by atoms with Crippen molar-refractivity contribution in [2.45, 2.75) is 49.6 Å². The topological polar surface area (TPSA) is 44.1 Å². The first-order valence-corrected chi connectivity index (χ1v) is 11.7. The summed E-state index contributed by atoms with van der Waals surface area (Å²) in [5.41, 5.74) is 5.08. The SMILES string of the molecule is CCSc1nc2c(c(=O)n1-c1cccc(OC)c1)C1(CCCC1)Cc1ccccc1-2. The van der Waals surface area contributed by atoms with E-state index in [9.17, 15) is 4.79 Å². The quantitative estimate of drug-likeness (QED) is 0.421. The zero-order chi connectivity index (χ0) is 20.7. The van der Waals surface area contributed by atoms with Gasteiger partial charge in [-0.3, -0.25) is 9.36 Å². The Morgan fingerprint density at radius 2 is 1.93 bits per heavy atom. The van der Waals surface area contributed by atoms with Crippen LogP contribution in [-0.2, 0) is 11.8 Å². The Morgan fingerprint density at radius 3 is 2.70 bits per heavy atom. The molecule has 0 unspecified atom stereocenters. The predicted molar refractivity (Wildman–Crippen MR) is 122 cm³/mol. The average Bonchev–Trinajstić information content (AvgIpc) is 3.22. The Balaban J connectivity index is 1.84. The van der Waals surface area contributed by atoms with Gasteiger partial charge in [0.15, 0.2) is 5.16 Å². The normalized spacial score (nSPS) is 16.3. The van der Waals surface area contributed by atoms with E-state index < -0.39 is 0 Å². The molecule has 1 fully saturated rings. The summed E-state index contributed by atoms with van der Waals surface area (Å²) in [6, 6.07) is 16.2. The van der Waals surface area contributed by atoms with Crippen LogP contribution in [0.25, 0.3) is 16.9 Å². The molecule has 1 spiro atoms. The van der Waals surface area contributed by atoms with Crippen LogP contribution in [0.15, 0.2) is 58.5 Å². The van der Waals surface area contributed by atoms with Crippen molar-refractivity contribution in [3.8, 4) is 22.7 Å². The smallest absolute Gasteiger partial charge is 0.263 e. The first kappa shape index (κ1) is 19.4. The third-order valence-corrected chi connectivity index (χ3v) is 7.35. The van der Waals surface area contributed by atoms with Crippen molar-refractivity contribution in [2.24, 2.45) is 0 Å². The number of ether oxygens (including phenoxy) is 1. The number of methoxy groups -OCH3 is 1. The van der Waals surface area contributed by atoms with Crippen LogP contribution in [0, 0.1) is 0 Å². The summed E-state index contributed by atoms with van der Waals surface area (Å²) in [6.07, 6.45) is 5.40. The maximum atomic E-state index is 14.1. The van der Waals surface area contributed by atoms with E-state index in [-0.39, 0.29) is 11.0 Å². The lowest BCUT2D eigenvalue weighted by Gasteiger charge is -2.36. The fourth-order valence-corrected chi connectivity index (χ4v) is 5.95. The minimum absolute atomic E-state index is 0.0839. The van der Waals surface area contributed by atoms with E-state index in [2.05, 4.69) is 31.2 Å². The van der Waals surface area contributed by atoms with Gasteiger partial charge in [-0.25, -0.2) is 4.98 Å². The molecule has 0 saturated heterocycles. The lowest BCUT2D eigenvalue weighted by atomic mass is 9.68. The Kier molecular flexibility index (Phi) is 4.94. The van der Waals surface area contributed by atoms with Crippen molar-refractivity contribution in [1.29, 1.82) is 0 Å². The number of benzene rings is 2. The fraction of sp³-hybridized carbons (Fsp3) is 0.360. The molecule has 0 atom stereocenters. The standard InChI is InChI=1S/C25H26N2O2S/c1-3-30-24-26-22-20-12-5-4-9-17(20)16-25(13-6-7-14-25)21(22)23(28)27(24)18-10-8-11-19(15-18)29-2/h4-5,8-12,15H,3,6-7,13-14,16H2,1-2H3. The largest absolute Gasteiger partial charge is 0.497 e. The van der Waals surface area contributed by atoms with E-state index in [0.717, 1.165) is 58.4 Å². The molecule has 2 aromatic carbocycles. The summed E-state index contributed by atoms with van der Waals surface area (Å²) >= 11 is 1.61. The lowest BCUT2D eigenvalue weighted by molar-refractivity contribution is 0.413. The van der Waals surface area contributed by atoms with Crippen molar-refractivity contribution in [3.63, 3.8) is 0 Å². The summed E-state index contributed by atoms with van der Waals surface area (Å²) in [4.78, 5) is 19.3. The molecule has 0 radical (unpaired) electrons. The zero-order valence-corrected chi connectivity index (χ0v) is 18.3. The lowest BCUT2D eigenvalue weighted by Crippen LogP contribution is -2.40. The van der Waals surface area contributed by atoms with Gasteiger partial charge < -0.3 is 4.74 Å². The van der Waals surface area contributed by atoms with Gasteiger partial charge in [-0.05, 0) is 42.7 Å². The van der Waals surface area contributed by atoms with Gasteiger partial charge in [0.05, 0.1) is 24.1 Å². The Hall–Kier alpha value is -2.53. The van der Waals surface area contributed by atoms with Crippen molar-refractivity contribution >= 4 is 11.8 Å². The van der Waals surface area contributed by atoms with Gasteiger partial charge in [0.2, 0.25) is 0 Å². The van der Waals surface area contributed by atoms with E-state index in [4.69, 9.17) is 9.72 Å². The number of nitrogens with zero attached hydrogens (tertiary/aromatic N) is 2. The molecule has 1 heterocycles. The number of aromatic nitrogens is 2. The van der Waals surface area contributed by atoms with Gasteiger partial charge in [-0.2, -0.15) is 0 Å². The van der Waals surface area contributed by atoms with Gasteiger partial charge in [-0.15, -0.1) is 0 Å². The van der Waals surface area contributed by atoms with Crippen molar-refractivity contribution in [2.75, 3.05) is 12.9 Å². The second-order valence-corrected chi connectivity index (χ2v) is 9.45. The van der Waals surface area contributed by atoms with Crippen LogP contribution in [0.2, 0.25) is 0 Å². The van der Waals surface area contributed by atoms with Gasteiger partial charge in [-0.1, -0.05) is 61.9 Å². The van der Waals surface area contributed by atoms with Crippen molar-refractivity contribution < 1.29 is 4.74 Å². The number of thioether (sulfide) groups is 1. The molecule has 1 aromatic heterocycles. The molecular formula is C25H26N2O2S. The molecular weight excluding hydrogens is 392 g/mol. The Morgan fingerprint density at radius 1 is 1.13 bits per heavy atom. The number of rotatable bonds is 4. The highest BCUT2D eigenvalue weighted by Crippen LogP contribution is 2.50. The summed E-state index contributed by atoms with van der Waals surface area (Å²) in [5, 5.41) is 0.749. The molecule has 2 aliphatic carbocycles. The molecule has 3 aromatic rings. The van der Waals surface area contributed by atoms with Crippen LogP contribution in [0.5, 0.6) is 5.75 Å².